The summed E-state index contributed by atoms with van der Waals surface area (Å²) in [5.74, 6) is -0.471. The summed E-state index contributed by atoms with van der Waals surface area (Å²) in [6.45, 7) is 1.93. The molecule has 35 heavy (non-hydrogen) atoms. The quantitative estimate of drug-likeness (QED) is 0.327. The van der Waals surface area contributed by atoms with Crippen molar-refractivity contribution in [3.63, 3.8) is 0 Å². The van der Waals surface area contributed by atoms with E-state index in [4.69, 9.17) is 27.9 Å². The van der Waals surface area contributed by atoms with Gasteiger partial charge in [0.1, 0.15) is 11.8 Å². The van der Waals surface area contributed by atoms with Gasteiger partial charge in [-0.1, -0.05) is 54.4 Å². The van der Waals surface area contributed by atoms with Crippen LogP contribution in [0, 0.1) is 11.5 Å². The Morgan fingerprint density at radius 1 is 1.11 bits per heavy atom. The summed E-state index contributed by atoms with van der Waals surface area (Å²) in [4.78, 5) is 31.1. The fourth-order valence-electron chi connectivity index (χ4n) is 3.72. The summed E-state index contributed by atoms with van der Waals surface area (Å²) in [5, 5.41) is 12.9. The second kappa shape index (κ2) is 11.7. The zero-order chi connectivity index (χ0) is 25.5. The van der Waals surface area contributed by atoms with Gasteiger partial charge >= 0.3 is 0 Å². The van der Waals surface area contributed by atoms with E-state index < -0.39 is 17.9 Å². The van der Waals surface area contributed by atoms with Crippen molar-refractivity contribution in [2.24, 2.45) is 0 Å². The van der Waals surface area contributed by atoms with E-state index >= 15 is 0 Å². The minimum atomic E-state index is -0.940. The highest BCUT2D eigenvalue weighted by Gasteiger charge is 2.28. The molecule has 0 fully saturated rings. The standard InChI is InChI=1S/C26H24Cl2N4O3/c1-16(18-7-4-5-10-23(18)35-3)13-22(26(34)32(2)15-29)31-25(33)17-11-12-21(30-14-17)24-19(27)8-6-9-20(24)28/h4-12,14,16,22H,13H2,1-3H3,(H,31,33)/t16?,22-/m0/s1. The van der Waals surface area contributed by atoms with Crippen molar-refractivity contribution in [3.05, 3.63) is 82.0 Å². The minimum Gasteiger partial charge on any atom is -0.496 e. The SMILES string of the molecule is COc1ccccc1C(C)C[C@H](NC(=O)c1ccc(-c2c(Cl)cccc2Cl)nc1)C(=O)N(C)C#N. The number of likely N-dealkylation sites (N-methyl/N-ethyl adjacent to an activating group) is 1. The van der Waals surface area contributed by atoms with Gasteiger partial charge in [-0.05, 0) is 48.2 Å². The van der Waals surface area contributed by atoms with Gasteiger partial charge in [0, 0.05) is 18.8 Å². The summed E-state index contributed by atoms with van der Waals surface area (Å²) in [7, 11) is 2.94. The van der Waals surface area contributed by atoms with Gasteiger partial charge in [0.15, 0.2) is 6.19 Å². The lowest BCUT2D eigenvalue weighted by molar-refractivity contribution is -0.129. The molecule has 9 heteroatoms. The Morgan fingerprint density at radius 2 is 1.80 bits per heavy atom. The Bertz CT molecular complexity index is 1240. The molecule has 1 aromatic heterocycles. The third-order valence-corrected chi connectivity index (χ3v) is 6.22. The number of methoxy groups -OCH3 is 1. The number of nitriles is 1. The molecule has 7 nitrogen and oxygen atoms in total. The smallest absolute Gasteiger partial charge is 0.257 e. The van der Waals surface area contributed by atoms with Gasteiger partial charge in [0.2, 0.25) is 0 Å². The number of nitrogens with zero attached hydrogens (tertiary/aromatic N) is 3. The zero-order valence-electron chi connectivity index (χ0n) is 19.5. The maximum Gasteiger partial charge on any atom is 0.257 e. The number of benzene rings is 2. The number of para-hydroxylation sites is 1. The van der Waals surface area contributed by atoms with Crippen LogP contribution in [0.15, 0.2) is 60.8 Å². The Balaban J connectivity index is 1.82. The highest BCUT2D eigenvalue weighted by molar-refractivity contribution is 6.39. The first-order valence-electron chi connectivity index (χ1n) is 10.8. The van der Waals surface area contributed by atoms with Crippen LogP contribution in [-0.2, 0) is 4.79 Å². The van der Waals surface area contributed by atoms with Crippen molar-refractivity contribution in [2.75, 3.05) is 14.2 Å². The summed E-state index contributed by atoms with van der Waals surface area (Å²) in [6, 6.07) is 14.9. The van der Waals surface area contributed by atoms with E-state index in [-0.39, 0.29) is 17.9 Å². The molecule has 0 spiro atoms. The number of hydrogen-bond donors (Lipinski definition) is 1. The van der Waals surface area contributed by atoms with Crippen LogP contribution >= 0.6 is 23.2 Å². The van der Waals surface area contributed by atoms with Gasteiger partial charge in [-0.25, -0.2) is 0 Å². The van der Waals surface area contributed by atoms with Crippen molar-refractivity contribution < 1.29 is 14.3 Å². The maximum atomic E-state index is 13.0. The average molecular weight is 511 g/mol. The molecule has 2 atom stereocenters. The van der Waals surface area contributed by atoms with E-state index in [9.17, 15) is 14.9 Å². The van der Waals surface area contributed by atoms with Crippen molar-refractivity contribution in [1.29, 1.82) is 5.26 Å². The molecular weight excluding hydrogens is 487 g/mol. The number of hydrogen-bond acceptors (Lipinski definition) is 5. The molecule has 2 amide bonds. The fourth-order valence-corrected chi connectivity index (χ4v) is 4.31. The number of amides is 2. The first kappa shape index (κ1) is 26.0. The van der Waals surface area contributed by atoms with Crippen molar-refractivity contribution in [3.8, 4) is 23.2 Å². The summed E-state index contributed by atoms with van der Waals surface area (Å²) < 4.78 is 5.43. The number of carbonyl (C=O) groups excluding carboxylic acids is 2. The molecule has 0 aliphatic heterocycles. The van der Waals surface area contributed by atoms with Crippen LogP contribution in [0.25, 0.3) is 11.3 Å². The lowest BCUT2D eigenvalue weighted by Gasteiger charge is -2.24. The predicted molar refractivity (Wildman–Crippen MR) is 135 cm³/mol. The van der Waals surface area contributed by atoms with Gasteiger partial charge in [-0.2, -0.15) is 5.26 Å². The molecule has 0 bridgehead atoms. The molecule has 0 radical (unpaired) electrons. The van der Waals surface area contributed by atoms with Crippen LogP contribution in [0.4, 0.5) is 0 Å². The Labute approximate surface area is 214 Å². The third kappa shape index (κ3) is 6.10. The van der Waals surface area contributed by atoms with Crippen LogP contribution in [0.3, 0.4) is 0 Å². The molecule has 0 aliphatic carbocycles. The average Bonchev–Trinajstić information content (AvgIpc) is 2.87. The molecule has 1 heterocycles. The van der Waals surface area contributed by atoms with Gasteiger partial charge in [-0.15, -0.1) is 0 Å². The van der Waals surface area contributed by atoms with E-state index in [2.05, 4.69) is 10.3 Å². The molecule has 1 N–H and O–H groups in total. The Hall–Kier alpha value is -3.60. The van der Waals surface area contributed by atoms with Crippen LogP contribution in [0.5, 0.6) is 5.75 Å². The lowest BCUT2D eigenvalue weighted by atomic mass is 9.92. The second-order valence-corrected chi connectivity index (χ2v) is 8.75. The van der Waals surface area contributed by atoms with Crippen LogP contribution in [-0.4, -0.2) is 41.9 Å². The predicted octanol–water partition coefficient (Wildman–Crippen LogP) is 5.30. The van der Waals surface area contributed by atoms with Crippen molar-refractivity contribution >= 4 is 35.0 Å². The number of halogens is 2. The van der Waals surface area contributed by atoms with E-state index in [0.29, 0.717) is 27.1 Å². The highest BCUT2D eigenvalue weighted by Crippen LogP contribution is 2.33. The van der Waals surface area contributed by atoms with Crippen molar-refractivity contribution in [1.82, 2.24) is 15.2 Å². The van der Waals surface area contributed by atoms with Crippen molar-refractivity contribution in [2.45, 2.75) is 25.3 Å². The molecular formula is C26H24Cl2N4O3. The number of pyridine rings is 1. The minimum absolute atomic E-state index is 0.143. The number of nitrogens with one attached hydrogen (secondary N) is 1. The molecule has 1 unspecified atom stereocenters. The van der Waals surface area contributed by atoms with Crippen LogP contribution < -0.4 is 10.1 Å². The summed E-state index contributed by atoms with van der Waals surface area (Å²) >= 11 is 12.5. The number of carbonyl (C=O) groups is 2. The first-order chi connectivity index (χ1) is 16.8. The second-order valence-electron chi connectivity index (χ2n) is 7.93. The van der Waals surface area contributed by atoms with Crippen LogP contribution in [0.1, 0.15) is 35.2 Å². The number of ether oxygens (including phenoxy) is 1. The van der Waals surface area contributed by atoms with Gasteiger partial charge < -0.3 is 10.1 Å². The number of aromatic nitrogens is 1. The number of rotatable bonds is 8. The zero-order valence-corrected chi connectivity index (χ0v) is 21.0. The van der Waals surface area contributed by atoms with Gasteiger partial charge in [0.25, 0.3) is 11.8 Å². The van der Waals surface area contributed by atoms with Gasteiger partial charge in [-0.3, -0.25) is 19.5 Å². The molecule has 0 saturated carbocycles. The lowest BCUT2D eigenvalue weighted by Crippen LogP contribution is -2.46. The first-order valence-corrected chi connectivity index (χ1v) is 11.5. The molecule has 0 aliphatic rings. The summed E-state index contributed by atoms with van der Waals surface area (Å²) in [6.07, 6.45) is 3.45. The van der Waals surface area contributed by atoms with Crippen LogP contribution in [0.2, 0.25) is 10.0 Å². The molecule has 180 valence electrons. The fraction of sp³-hybridized carbons (Fsp3) is 0.231. The van der Waals surface area contributed by atoms with Gasteiger partial charge in [0.05, 0.1) is 28.4 Å². The normalized spacial score (nSPS) is 12.2. The highest BCUT2D eigenvalue weighted by atomic mass is 35.5. The molecule has 3 rings (SSSR count). The third-order valence-electron chi connectivity index (χ3n) is 5.59. The summed E-state index contributed by atoms with van der Waals surface area (Å²) in [5.41, 5.74) is 2.22. The van der Waals surface area contributed by atoms with E-state index in [1.54, 1.807) is 43.6 Å². The molecule has 3 aromatic rings. The topological polar surface area (TPSA) is 95.3 Å². The van der Waals surface area contributed by atoms with E-state index in [1.165, 1.54) is 13.2 Å². The largest absolute Gasteiger partial charge is 0.496 e. The van der Waals surface area contributed by atoms with E-state index in [1.807, 2.05) is 31.2 Å². The maximum absolute atomic E-state index is 13.0. The molecule has 0 saturated heterocycles. The molecule has 2 aromatic carbocycles. The van der Waals surface area contributed by atoms with E-state index in [0.717, 1.165) is 10.5 Å². The monoisotopic (exact) mass is 510 g/mol. The Morgan fingerprint density at radius 3 is 2.40 bits per heavy atom. The Kier molecular flexibility index (Phi) is 8.69.